The third-order valence-electron chi connectivity index (χ3n) is 3.53. The molecular weight excluding hydrogens is 334 g/mol. The van der Waals surface area contributed by atoms with E-state index in [1.807, 2.05) is 31.2 Å². The highest BCUT2D eigenvalue weighted by Gasteiger charge is 2.25. The van der Waals surface area contributed by atoms with Crippen molar-refractivity contribution in [3.63, 3.8) is 0 Å². The van der Waals surface area contributed by atoms with Crippen LogP contribution >= 0.6 is 0 Å². The lowest BCUT2D eigenvalue weighted by atomic mass is 10.0. The lowest BCUT2D eigenvalue weighted by Gasteiger charge is -2.17. The number of aryl methyl sites for hydroxylation is 1. The summed E-state index contributed by atoms with van der Waals surface area (Å²) in [5.74, 6) is 0. The maximum Gasteiger partial charge on any atom is 0.242 e. The van der Waals surface area contributed by atoms with Gasteiger partial charge in [-0.05, 0) is 37.1 Å². The molecule has 2 rings (SSSR count). The summed E-state index contributed by atoms with van der Waals surface area (Å²) >= 11 is 0. The fourth-order valence-electron chi connectivity index (χ4n) is 2.41. The van der Waals surface area contributed by atoms with Gasteiger partial charge in [-0.15, -0.1) is 0 Å². The van der Waals surface area contributed by atoms with Crippen LogP contribution in [0.2, 0.25) is 0 Å². The van der Waals surface area contributed by atoms with Crippen molar-refractivity contribution in [2.45, 2.75) is 29.7 Å². The first kappa shape index (κ1) is 17.7. The van der Waals surface area contributed by atoms with Crippen LogP contribution in [0.1, 0.15) is 24.1 Å². The monoisotopic (exact) mass is 353 g/mol. The van der Waals surface area contributed by atoms with Crippen molar-refractivity contribution in [1.82, 2.24) is 4.72 Å². The van der Waals surface area contributed by atoms with Crippen LogP contribution < -0.4 is 4.72 Å². The Kier molecular flexibility index (Phi) is 4.93. The molecule has 0 aliphatic heterocycles. The van der Waals surface area contributed by atoms with Gasteiger partial charge in [-0.3, -0.25) is 0 Å². The Bertz CT molecular complexity index is 919. The molecule has 23 heavy (non-hydrogen) atoms. The van der Waals surface area contributed by atoms with Crippen LogP contribution in [0.15, 0.2) is 58.3 Å². The molecule has 0 aliphatic carbocycles. The van der Waals surface area contributed by atoms with Crippen LogP contribution in [0.25, 0.3) is 0 Å². The van der Waals surface area contributed by atoms with Gasteiger partial charge < -0.3 is 0 Å². The molecule has 0 radical (unpaired) electrons. The van der Waals surface area contributed by atoms with E-state index in [9.17, 15) is 16.8 Å². The lowest BCUT2D eigenvalue weighted by molar-refractivity contribution is 0.561. The molecule has 124 valence electrons. The largest absolute Gasteiger partial charge is 0.242 e. The molecule has 0 heterocycles. The molecule has 0 bridgehead atoms. The Morgan fingerprint density at radius 2 is 1.39 bits per heavy atom. The van der Waals surface area contributed by atoms with E-state index in [-0.39, 0.29) is 9.79 Å². The van der Waals surface area contributed by atoms with Crippen LogP contribution in [-0.2, 0) is 19.9 Å². The molecule has 1 N–H and O–H groups in total. The first-order chi connectivity index (χ1) is 10.6. The highest BCUT2D eigenvalue weighted by Crippen LogP contribution is 2.24. The molecule has 0 spiro atoms. The molecule has 0 saturated carbocycles. The lowest BCUT2D eigenvalue weighted by Crippen LogP contribution is -2.28. The molecule has 7 heteroatoms. The number of hydrogen-bond donors (Lipinski definition) is 1. The highest BCUT2D eigenvalue weighted by molar-refractivity contribution is 7.93. The summed E-state index contributed by atoms with van der Waals surface area (Å²) in [5, 5.41) is 0. The minimum absolute atomic E-state index is 0.204. The molecule has 0 amide bonds. The third-order valence-corrected chi connectivity index (χ3v) is 6.41. The molecule has 0 aromatic heterocycles. The third kappa shape index (κ3) is 3.99. The van der Waals surface area contributed by atoms with E-state index < -0.39 is 25.9 Å². The van der Waals surface area contributed by atoms with Gasteiger partial charge in [0.25, 0.3) is 0 Å². The predicted molar refractivity (Wildman–Crippen MR) is 89.5 cm³/mol. The highest BCUT2D eigenvalue weighted by atomic mass is 32.2. The maximum absolute atomic E-state index is 12.6. The Labute approximate surface area is 137 Å². The first-order valence-electron chi connectivity index (χ1n) is 7.00. The van der Waals surface area contributed by atoms with Crippen LogP contribution in [0.5, 0.6) is 0 Å². The summed E-state index contributed by atoms with van der Waals surface area (Å²) in [6.07, 6.45) is 0.992. The number of rotatable bonds is 5. The molecule has 0 aliphatic rings. The Hall–Kier alpha value is -1.70. The number of benzene rings is 2. The van der Waals surface area contributed by atoms with E-state index in [0.29, 0.717) is 0 Å². The second-order valence-corrected chi connectivity index (χ2v) is 9.09. The van der Waals surface area contributed by atoms with Gasteiger partial charge in [-0.25, -0.2) is 21.6 Å². The van der Waals surface area contributed by atoms with Gasteiger partial charge in [0.05, 0.1) is 4.90 Å². The number of nitrogens with one attached hydrogen (secondary N) is 1. The van der Waals surface area contributed by atoms with Crippen LogP contribution in [0, 0.1) is 6.92 Å². The fraction of sp³-hybridized carbons (Fsp3) is 0.250. The topological polar surface area (TPSA) is 80.3 Å². The molecule has 2 aromatic carbocycles. The normalized spacial score (nSPS) is 13.7. The first-order valence-corrected chi connectivity index (χ1v) is 10.4. The zero-order valence-electron chi connectivity index (χ0n) is 13.1. The van der Waals surface area contributed by atoms with Gasteiger partial charge in [-0.2, -0.15) is 0 Å². The van der Waals surface area contributed by atoms with Crippen molar-refractivity contribution >= 4 is 19.9 Å². The van der Waals surface area contributed by atoms with E-state index in [0.717, 1.165) is 17.4 Å². The van der Waals surface area contributed by atoms with Gasteiger partial charge >= 0.3 is 0 Å². The van der Waals surface area contributed by atoms with E-state index in [1.54, 1.807) is 6.92 Å². The average molecular weight is 353 g/mol. The van der Waals surface area contributed by atoms with Crippen molar-refractivity contribution < 1.29 is 16.8 Å². The van der Waals surface area contributed by atoms with Gasteiger partial charge in [0, 0.05) is 12.3 Å². The van der Waals surface area contributed by atoms with Crippen molar-refractivity contribution in [3.8, 4) is 0 Å². The number of sulfonamides is 1. The minimum Gasteiger partial charge on any atom is -0.224 e. The van der Waals surface area contributed by atoms with Crippen molar-refractivity contribution in [1.29, 1.82) is 0 Å². The smallest absolute Gasteiger partial charge is 0.224 e. The summed E-state index contributed by atoms with van der Waals surface area (Å²) in [4.78, 5) is -0.438. The van der Waals surface area contributed by atoms with Gasteiger partial charge in [0.2, 0.25) is 10.0 Å². The molecule has 1 atom stereocenters. The Balaban J connectivity index is 2.43. The molecule has 0 saturated heterocycles. The summed E-state index contributed by atoms with van der Waals surface area (Å²) in [6.45, 7) is 3.62. The molecular formula is C16H19NO4S2. The Morgan fingerprint density at radius 1 is 0.870 bits per heavy atom. The van der Waals surface area contributed by atoms with E-state index in [1.165, 1.54) is 24.3 Å². The van der Waals surface area contributed by atoms with E-state index in [4.69, 9.17) is 0 Å². The number of sulfone groups is 1. The minimum atomic E-state index is -3.97. The molecule has 5 nitrogen and oxygen atoms in total. The van der Waals surface area contributed by atoms with Crippen molar-refractivity contribution in [2.24, 2.45) is 0 Å². The van der Waals surface area contributed by atoms with Gasteiger partial charge in [0.15, 0.2) is 9.84 Å². The molecule has 0 fully saturated rings. The summed E-state index contributed by atoms with van der Waals surface area (Å²) < 4.78 is 51.4. The van der Waals surface area contributed by atoms with E-state index >= 15 is 0 Å². The second kappa shape index (κ2) is 6.43. The average Bonchev–Trinajstić information content (AvgIpc) is 2.46. The SMILES string of the molecule is Cc1ccccc1C(C)NS(=O)(=O)c1ccccc1S(C)(=O)=O. The maximum atomic E-state index is 12.6. The second-order valence-electron chi connectivity index (χ2n) is 5.42. The molecule has 1 unspecified atom stereocenters. The standard InChI is InChI=1S/C16H19NO4S2/c1-12-8-4-5-9-14(12)13(2)17-23(20,21)16-11-7-6-10-15(16)22(3,18)19/h4-11,13,17H,1-3H3. The van der Waals surface area contributed by atoms with Gasteiger partial charge in [0.1, 0.15) is 4.90 Å². The summed E-state index contributed by atoms with van der Waals surface area (Å²) in [6, 6.07) is 12.5. The van der Waals surface area contributed by atoms with Crippen molar-refractivity contribution in [2.75, 3.05) is 6.26 Å². The van der Waals surface area contributed by atoms with Crippen LogP contribution in [0.3, 0.4) is 0 Å². The fourth-order valence-corrected chi connectivity index (χ4v) is 5.26. The Morgan fingerprint density at radius 3 is 1.96 bits per heavy atom. The van der Waals surface area contributed by atoms with Crippen molar-refractivity contribution in [3.05, 3.63) is 59.7 Å². The summed E-state index contributed by atoms with van der Waals surface area (Å²) in [7, 11) is -7.61. The quantitative estimate of drug-likeness (QED) is 0.895. The van der Waals surface area contributed by atoms with Crippen LogP contribution in [0.4, 0.5) is 0 Å². The zero-order chi connectivity index (χ0) is 17.3. The van der Waals surface area contributed by atoms with E-state index in [2.05, 4.69) is 4.72 Å². The van der Waals surface area contributed by atoms with Crippen LogP contribution in [-0.4, -0.2) is 23.1 Å². The zero-order valence-corrected chi connectivity index (χ0v) is 14.8. The molecule has 2 aromatic rings. The predicted octanol–water partition coefficient (Wildman–Crippen LogP) is 2.44. The number of hydrogen-bond acceptors (Lipinski definition) is 4. The summed E-state index contributed by atoms with van der Waals surface area (Å²) in [5.41, 5.74) is 1.80. The van der Waals surface area contributed by atoms with Gasteiger partial charge in [-0.1, -0.05) is 36.4 Å².